The van der Waals surface area contributed by atoms with E-state index in [0.29, 0.717) is 10.6 Å². The molecule has 0 spiro atoms. The van der Waals surface area contributed by atoms with Crippen LogP contribution in [0.5, 0.6) is 0 Å². The third-order valence-electron chi connectivity index (χ3n) is 4.82. The molecule has 2 aromatic heterocycles. The molecule has 0 unspecified atom stereocenters. The molecule has 2 aromatic carbocycles. The minimum atomic E-state index is -0.399. The van der Waals surface area contributed by atoms with E-state index in [1.165, 1.54) is 11.8 Å². The number of nitrogens with zero attached hydrogens (tertiary/aromatic N) is 5. The number of aliphatic imine (C=N–C) groups is 1. The van der Waals surface area contributed by atoms with Gasteiger partial charge in [0.05, 0.1) is 11.3 Å². The van der Waals surface area contributed by atoms with E-state index in [9.17, 15) is 10.4 Å². The van der Waals surface area contributed by atoms with Gasteiger partial charge in [0.25, 0.3) is 6.20 Å². The molecule has 8 heteroatoms. The maximum absolute atomic E-state index is 12.5. The van der Waals surface area contributed by atoms with Crippen LogP contribution in [0.15, 0.2) is 87.5 Å². The molecular weight excluding hydrogens is 434 g/mol. The smallest absolute Gasteiger partial charge is 0.320 e. The quantitative estimate of drug-likeness (QED) is 0.178. The summed E-state index contributed by atoms with van der Waals surface area (Å²) in [7, 11) is 0. The first-order valence-electron chi connectivity index (χ1n) is 10.4. The van der Waals surface area contributed by atoms with E-state index in [1.54, 1.807) is 10.9 Å². The van der Waals surface area contributed by atoms with Crippen LogP contribution in [0.2, 0.25) is 0 Å². The molecule has 0 radical (unpaired) electrons. The Balaban J connectivity index is 1.69. The summed E-state index contributed by atoms with van der Waals surface area (Å²) in [4.78, 5) is 8.69. The Bertz CT molecular complexity index is 1310. The van der Waals surface area contributed by atoms with Gasteiger partial charge >= 0.3 is 5.88 Å². The summed E-state index contributed by atoms with van der Waals surface area (Å²) in [5.74, 6) is -0.244. The molecule has 0 aliphatic carbocycles. The van der Waals surface area contributed by atoms with Gasteiger partial charge in [-0.1, -0.05) is 72.4 Å². The lowest BCUT2D eigenvalue weighted by atomic mass is 9.99. The van der Waals surface area contributed by atoms with Crippen LogP contribution in [-0.4, -0.2) is 21.9 Å². The van der Waals surface area contributed by atoms with Crippen LogP contribution < -0.4 is 9.79 Å². The normalized spacial score (nSPS) is 11.5. The third kappa shape index (κ3) is 5.27. The summed E-state index contributed by atoms with van der Waals surface area (Å²) in [6.07, 6.45) is 1.58. The van der Waals surface area contributed by atoms with Gasteiger partial charge in [0.2, 0.25) is 5.27 Å². The molecule has 0 bridgehead atoms. The molecule has 33 heavy (non-hydrogen) atoms. The molecule has 0 atom stereocenters. The molecule has 4 rings (SSSR count). The number of hydrogen-bond acceptors (Lipinski definition) is 7. The van der Waals surface area contributed by atoms with Crippen LogP contribution in [0, 0.1) is 11.3 Å². The third-order valence-corrected chi connectivity index (χ3v) is 5.78. The maximum atomic E-state index is 12.5. The molecular formula is C25H21N5O2S. The van der Waals surface area contributed by atoms with Crippen molar-refractivity contribution in [2.75, 3.05) is 5.75 Å². The van der Waals surface area contributed by atoms with E-state index in [4.69, 9.17) is 9.51 Å². The first-order valence-corrected chi connectivity index (χ1v) is 11.3. The van der Waals surface area contributed by atoms with Gasteiger partial charge in [0, 0.05) is 16.9 Å². The fourth-order valence-corrected chi connectivity index (χ4v) is 3.95. The summed E-state index contributed by atoms with van der Waals surface area (Å²) in [6, 6.07) is 23.7. The average Bonchev–Trinajstić information content (AvgIpc) is 3.32. The predicted molar refractivity (Wildman–Crippen MR) is 125 cm³/mol. The number of aromatic nitrogens is 3. The van der Waals surface area contributed by atoms with Crippen molar-refractivity contribution in [3.63, 3.8) is 0 Å². The van der Waals surface area contributed by atoms with Gasteiger partial charge in [-0.15, -0.1) is 0 Å². The van der Waals surface area contributed by atoms with E-state index in [2.05, 4.69) is 16.3 Å². The SMILES string of the molecule is CC(C)[n+]1cc(/N=C(\[O-])CSc2nc(-c3ccccc3)cc(-c3ccccc3)c2C#N)on1. The fraction of sp³-hybridized carbons (Fsp3) is 0.160. The van der Waals surface area contributed by atoms with Gasteiger partial charge in [-0.2, -0.15) is 5.26 Å². The lowest BCUT2D eigenvalue weighted by molar-refractivity contribution is -0.779. The largest absolute Gasteiger partial charge is 0.861 e. The topological polar surface area (TPSA) is 102 Å². The van der Waals surface area contributed by atoms with E-state index in [0.717, 1.165) is 22.4 Å². The Morgan fingerprint density at radius 3 is 2.39 bits per heavy atom. The second kappa shape index (κ2) is 10.1. The minimum Gasteiger partial charge on any atom is -0.861 e. The molecule has 164 valence electrons. The molecule has 2 heterocycles. The average molecular weight is 456 g/mol. The van der Waals surface area contributed by atoms with Crippen LogP contribution in [-0.2, 0) is 0 Å². The molecule has 0 aliphatic rings. The molecule has 0 amide bonds. The highest BCUT2D eigenvalue weighted by atomic mass is 32.2. The van der Waals surface area contributed by atoms with Crippen molar-refractivity contribution < 1.29 is 14.3 Å². The number of rotatable bonds is 7. The van der Waals surface area contributed by atoms with Crippen LogP contribution in [0.1, 0.15) is 25.5 Å². The predicted octanol–water partition coefficient (Wildman–Crippen LogP) is 4.33. The summed E-state index contributed by atoms with van der Waals surface area (Å²) in [6.45, 7) is 3.90. The van der Waals surface area contributed by atoms with E-state index < -0.39 is 5.90 Å². The molecule has 0 N–H and O–H groups in total. The highest BCUT2D eigenvalue weighted by Crippen LogP contribution is 2.34. The lowest BCUT2D eigenvalue weighted by Crippen LogP contribution is -2.36. The van der Waals surface area contributed by atoms with Crippen molar-refractivity contribution in [1.29, 1.82) is 5.26 Å². The van der Waals surface area contributed by atoms with Crippen molar-refractivity contribution in [3.8, 4) is 28.5 Å². The first-order chi connectivity index (χ1) is 16.0. The van der Waals surface area contributed by atoms with E-state index in [-0.39, 0.29) is 17.7 Å². The highest BCUT2D eigenvalue weighted by Gasteiger charge is 2.17. The van der Waals surface area contributed by atoms with Gasteiger partial charge in [0.15, 0.2) is 6.04 Å². The van der Waals surface area contributed by atoms with Crippen LogP contribution in [0.4, 0.5) is 5.88 Å². The minimum absolute atomic E-state index is 0.0104. The van der Waals surface area contributed by atoms with E-state index in [1.807, 2.05) is 80.6 Å². The standard InChI is InChI=1S/C25H21N5O2S/c1-17(2)30-15-24(32-29-30)28-23(31)16-33-25-21(14-26)20(18-9-5-3-6-10-18)13-22(27-25)19-11-7-4-8-12-19/h3-13,15,17H,16H2,1-2H3. The summed E-state index contributed by atoms with van der Waals surface area (Å²) >= 11 is 1.18. The number of hydrogen-bond donors (Lipinski definition) is 0. The summed E-state index contributed by atoms with van der Waals surface area (Å²) < 4.78 is 6.68. The Morgan fingerprint density at radius 1 is 1.12 bits per heavy atom. The Labute approximate surface area is 196 Å². The number of thioether (sulfide) groups is 1. The molecule has 0 fully saturated rings. The van der Waals surface area contributed by atoms with Gasteiger partial charge in [0.1, 0.15) is 11.1 Å². The molecule has 7 nitrogen and oxygen atoms in total. The number of benzene rings is 2. The van der Waals surface area contributed by atoms with Gasteiger partial charge in [-0.25, -0.2) is 9.98 Å². The summed E-state index contributed by atoms with van der Waals surface area (Å²) in [5, 5.41) is 26.7. The Hall–Kier alpha value is -3.96. The zero-order valence-electron chi connectivity index (χ0n) is 18.2. The molecule has 0 saturated heterocycles. The van der Waals surface area contributed by atoms with Crippen molar-refractivity contribution in [3.05, 3.63) is 78.5 Å². The fourth-order valence-electron chi connectivity index (χ4n) is 3.16. The number of pyridine rings is 1. The van der Waals surface area contributed by atoms with E-state index >= 15 is 0 Å². The van der Waals surface area contributed by atoms with Gasteiger partial charge < -0.3 is 5.11 Å². The molecule has 0 saturated carbocycles. The highest BCUT2D eigenvalue weighted by molar-refractivity contribution is 7.99. The van der Waals surface area contributed by atoms with Crippen LogP contribution >= 0.6 is 11.8 Å². The summed E-state index contributed by atoms with van der Waals surface area (Å²) in [5.41, 5.74) is 3.76. The van der Waals surface area contributed by atoms with Gasteiger partial charge in [-0.3, -0.25) is 4.52 Å². The Kier molecular flexibility index (Phi) is 6.81. The first kappa shape index (κ1) is 22.2. The zero-order valence-corrected chi connectivity index (χ0v) is 19.0. The van der Waals surface area contributed by atoms with Crippen molar-refractivity contribution in [1.82, 2.24) is 10.3 Å². The van der Waals surface area contributed by atoms with Crippen molar-refractivity contribution in [2.45, 2.75) is 24.9 Å². The second-order valence-electron chi connectivity index (χ2n) is 7.49. The zero-order chi connectivity index (χ0) is 23.2. The maximum Gasteiger partial charge on any atom is 0.320 e. The molecule has 0 aliphatic heterocycles. The lowest BCUT2D eigenvalue weighted by Gasteiger charge is -2.14. The van der Waals surface area contributed by atoms with Crippen LogP contribution in [0.25, 0.3) is 22.4 Å². The second-order valence-corrected chi connectivity index (χ2v) is 8.45. The monoisotopic (exact) mass is 455 g/mol. The van der Waals surface area contributed by atoms with Crippen molar-refractivity contribution >= 4 is 23.5 Å². The van der Waals surface area contributed by atoms with Gasteiger partial charge in [-0.05, 0) is 36.1 Å². The van der Waals surface area contributed by atoms with Crippen LogP contribution in [0.3, 0.4) is 0 Å². The Morgan fingerprint density at radius 2 is 1.79 bits per heavy atom. The molecule has 4 aromatic rings. The van der Waals surface area contributed by atoms with Crippen molar-refractivity contribution in [2.24, 2.45) is 4.99 Å². The number of nitriles is 1.